The van der Waals surface area contributed by atoms with Crippen LogP contribution >= 0.6 is 0 Å². The van der Waals surface area contributed by atoms with Gasteiger partial charge in [-0.15, -0.1) is 0 Å². The average molecular weight is 211 g/mol. The molecule has 1 rings (SSSR count). The summed E-state index contributed by atoms with van der Waals surface area (Å²) in [5.41, 5.74) is 0.529. The zero-order valence-electron chi connectivity index (χ0n) is 8.21. The highest BCUT2D eigenvalue weighted by Crippen LogP contribution is 2.15. The number of hydrogen-bond donors (Lipinski definition) is 4. The SMILES string of the molecule is C[C@@H](O)[C@H](Nc1ccc(O)cc1)C(=O)O. The number of phenolic OH excluding ortho intramolecular Hbond substituents is 1. The first-order chi connectivity index (χ1) is 7.00. The van der Waals surface area contributed by atoms with E-state index in [0.717, 1.165) is 0 Å². The Morgan fingerprint density at radius 2 is 1.87 bits per heavy atom. The molecule has 0 unspecified atom stereocenters. The number of aromatic hydroxyl groups is 1. The van der Waals surface area contributed by atoms with Crippen molar-refractivity contribution in [2.45, 2.75) is 19.1 Å². The molecular formula is C10H13NO4. The Labute approximate surface area is 87.0 Å². The molecule has 0 heterocycles. The van der Waals surface area contributed by atoms with Crippen molar-refractivity contribution in [1.29, 1.82) is 0 Å². The van der Waals surface area contributed by atoms with Gasteiger partial charge in [0.15, 0.2) is 6.04 Å². The minimum absolute atomic E-state index is 0.101. The molecule has 1 aromatic carbocycles. The number of carboxylic acid groups (broad SMARTS) is 1. The highest BCUT2D eigenvalue weighted by molar-refractivity contribution is 5.78. The summed E-state index contributed by atoms with van der Waals surface area (Å²) in [5, 5.41) is 29.7. The molecule has 5 nitrogen and oxygen atoms in total. The molecule has 15 heavy (non-hydrogen) atoms. The molecule has 82 valence electrons. The van der Waals surface area contributed by atoms with E-state index < -0.39 is 18.1 Å². The zero-order chi connectivity index (χ0) is 11.4. The number of aliphatic hydroxyl groups is 1. The zero-order valence-corrected chi connectivity index (χ0v) is 8.21. The van der Waals surface area contributed by atoms with Crippen LogP contribution in [0.1, 0.15) is 6.92 Å². The van der Waals surface area contributed by atoms with E-state index in [1.54, 1.807) is 0 Å². The molecule has 0 amide bonds. The van der Waals surface area contributed by atoms with Crippen molar-refractivity contribution in [2.24, 2.45) is 0 Å². The number of rotatable bonds is 4. The maximum absolute atomic E-state index is 10.7. The number of carbonyl (C=O) groups is 1. The smallest absolute Gasteiger partial charge is 0.328 e. The summed E-state index contributed by atoms with van der Waals surface area (Å²) in [5.74, 6) is -1.03. The number of aliphatic hydroxyl groups excluding tert-OH is 1. The van der Waals surface area contributed by atoms with E-state index in [1.807, 2.05) is 0 Å². The molecule has 0 bridgehead atoms. The van der Waals surface area contributed by atoms with Crippen molar-refractivity contribution in [1.82, 2.24) is 0 Å². The van der Waals surface area contributed by atoms with Crippen molar-refractivity contribution < 1.29 is 20.1 Å². The summed E-state index contributed by atoms with van der Waals surface area (Å²) in [6.07, 6.45) is -1.00. The molecule has 0 saturated heterocycles. The number of nitrogens with one attached hydrogen (secondary N) is 1. The maximum atomic E-state index is 10.7. The van der Waals surface area contributed by atoms with Crippen LogP contribution in [0.25, 0.3) is 0 Å². The second-order valence-corrected chi connectivity index (χ2v) is 3.25. The van der Waals surface area contributed by atoms with Crippen molar-refractivity contribution in [3.8, 4) is 5.75 Å². The monoisotopic (exact) mass is 211 g/mol. The van der Waals surface area contributed by atoms with Gasteiger partial charge in [0.2, 0.25) is 0 Å². The fraction of sp³-hybridized carbons (Fsp3) is 0.300. The first-order valence-corrected chi connectivity index (χ1v) is 4.47. The van der Waals surface area contributed by atoms with E-state index >= 15 is 0 Å². The van der Waals surface area contributed by atoms with Crippen molar-refractivity contribution in [3.63, 3.8) is 0 Å². The van der Waals surface area contributed by atoms with Gasteiger partial charge in [0.05, 0.1) is 6.10 Å². The average Bonchev–Trinajstić information content (AvgIpc) is 2.15. The van der Waals surface area contributed by atoms with Crippen LogP contribution < -0.4 is 5.32 Å². The molecule has 0 saturated carbocycles. The third-order valence-corrected chi connectivity index (χ3v) is 1.94. The molecule has 2 atom stereocenters. The molecule has 0 radical (unpaired) electrons. The predicted octanol–water partition coefficient (Wildman–Crippen LogP) is 0.638. The molecule has 0 aliphatic carbocycles. The Bertz CT molecular complexity index is 334. The van der Waals surface area contributed by atoms with Crippen LogP contribution in [0.3, 0.4) is 0 Å². The van der Waals surface area contributed by atoms with Gasteiger partial charge in [0.25, 0.3) is 0 Å². The number of aliphatic carboxylic acids is 1. The van der Waals surface area contributed by atoms with Gasteiger partial charge in [0.1, 0.15) is 5.75 Å². The first-order valence-electron chi connectivity index (χ1n) is 4.47. The largest absolute Gasteiger partial charge is 0.508 e. The summed E-state index contributed by atoms with van der Waals surface area (Å²) in [7, 11) is 0. The number of hydrogen-bond acceptors (Lipinski definition) is 4. The van der Waals surface area contributed by atoms with Crippen molar-refractivity contribution >= 4 is 11.7 Å². The summed E-state index contributed by atoms with van der Waals surface area (Å²) < 4.78 is 0. The Kier molecular flexibility index (Phi) is 3.51. The summed E-state index contributed by atoms with van der Waals surface area (Å²) in [4.78, 5) is 10.7. The molecule has 0 aromatic heterocycles. The number of carboxylic acids is 1. The lowest BCUT2D eigenvalue weighted by Crippen LogP contribution is -2.38. The van der Waals surface area contributed by atoms with Gasteiger partial charge in [-0.1, -0.05) is 0 Å². The molecule has 0 aliphatic heterocycles. The van der Waals surface area contributed by atoms with Gasteiger partial charge >= 0.3 is 5.97 Å². The molecule has 5 heteroatoms. The Hall–Kier alpha value is -1.75. The van der Waals surface area contributed by atoms with Crippen LogP contribution in [0.2, 0.25) is 0 Å². The van der Waals surface area contributed by atoms with Crippen LogP contribution in [0.4, 0.5) is 5.69 Å². The maximum Gasteiger partial charge on any atom is 0.328 e. The molecule has 1 aromatic rings. The fourth-order valence-electron chi connectivity index (χ4n) is 1.13. The van der Waals surface area contributed by atoms with Crippen LogP contribution in [0.15, 0.2) is 24.3 Å². The third kappa shape index (κ3) is 3.14. The lowest BCUT2D eigenvalue weighted by Gasteiger charge is -2.18. The molecule has 0 fully saturated rings. The van der Waals surface area contributed by atoms with E-state index in [9.17, 15) is 9.90 Å². The molecule has 0 spiro atoms. The normalized spacial score (nSPS) is 14.3. The number of phenols is 1. The standard InChI is InChI=1S/C10H13NO4/c1-6(12)9(10(14)15)11-7-2-4-8(13)5-3-7/h2-6,9,11-13H,1H3,(H,14,15)/t6-,9+/m1/s1. The van der Waals surface area contributed by atoms with Crippen LogP contribution in [-0.4, -0.2) is 33.4 Å². The molecular weight excluding hydrogens is 198 g/mol. The number of anilines is 1. The van der Waals surface area contributed by atoms with Gasteiger partial charge < -0.3 is 20.6 Å². The topological polar surface area (TPSA) is 89.8 Å². The van der Waals surface area contributed by atoms with E-state index in [2.05, 4.69) is 5.32 Å². The van der Waals surface area contributed by atoms with E-state index in [1.165, 1.54) is 31.2 Å². The van der Waals surface area contributed by atoms with Crippen LogP contribution in [0.5, 0.6) is 5.75 Å². The Morgan fingerprint density at radius 3 is 2.27 bits per heavy atom. The minimum atomic E-state index is -1.13. The van der Waals surface area contributed by atoms with Gasteiger partial charge in [0, 0.05) is 5.69 Å². The van der Waals surface area contributed by atoms with Gasteiger partial charge in [-0.2, -0.15) is 0 Å². The number of benzene rings is 1. The Morgan fingerprint density at radius 1 is 1.33 bits per heavy atom. The van der Waals surface area contributed by atoms with Crippen molar-refractivity contribution in [3.05, 3.63) is 24.3 Å². The quantitative estimate of drug-likeness (QED) is 0.549. The second kappa shape index (κ2) is 4.65. The minimum Gasteiger partial charge on any atom is -0.508 e. The fourth-order valence-corrected chi connectivity index (χ4v) is 1.13. The van der Waals surface area contributed by atoms with Crippen LogP contribution in [-0.2, 0) is 4.79 Å². The lowest BCUT2D eigenvalue weighted by atomic mass is 10.1. The van der Waals surface area contributed by atoms with Crippen molar-refractivity contribution in [2.75, 3.05) is 5.32 Å². The summed E-state index contributed by atoms with van der Waals surface area (Å²) >= 11 is 0. The highest BCUT2D eigenvalue weighted by Gasteiger charge is 2.22. The van der Waals surface area contributed by atoms with Gasteiger partial charge in [-0.25, -0.2) is 4.79 Å². The Balaban J connectivity index is 2.74. The third-order valence-electron chi connectivity index (χ3n) is 1.94. The molecule has 0 aliphatic rings. The van der Waals surface area contributed by atoms with Gasteiger partial charge in [-0.3, -0.25) is 0 Å². The predicted molar refractivity (Wildman–Crippen MR) is 54.8 cm³/mol. The molecule has 4 N–H and O–H groups in total. The van der Waals surface area contributed by atoms with E-state index in [0.29, 0.717) is 5.69 Å². The second-order valence-electron chi connectivity index (χ2n) is 3.25. The highest BCUT2D eigenvalue weighted by atomic mass is 16.4. The van der Waals surface area contributed by atoms with E-state index in [4.69, 9.17) is 10.2 Å². The van der Waals surface area contributed by atoms with E-state index in [-0.39, 0.29) is 5.75 Å². The van der Waals surface area contributed by atoms with Gasteiger partial charge in [-0.05, 0) is 31.2 Å². The lowest BCUT2D eigenvalue weighted by molar-refractivity contribution is -0.140. The first kappa shape index (κ1) is 11.3. The summed E-state index contributed by atoms with van der Waals surface area (Å²) in [6.45, 7) is 1.40. The summed E-state index contributed by atoms with van der Waals surface area (Å²) in [6, 6.07) is 4.88. The van der Waals surface area contributed by atoms with Crippen LogP contribution in [0, 0.1) is 0 Å².